The van der Waals surface area contributed by atoms with Crippen LogP contribution >= 0.6 is 0 Å². The number of unbranched alkanes of at least 4 members (excludes halogenated alkanes) is 6. The van der Waals surface area contributed by atoms with E-state index in [0.29, 0.717) is 17.8 Å². The summed E-state index contributed by atoms with van der Waals surface area (Å²) in [6, 6.07) is 5.96. The number of benzene rings is 1. The fraction of sp³-hybridized carbons (Fsp3) is 0.450. The van der Waals surface area contributed by atoms with Gasteiger partial charge in [0.1, 0.15) is 12.3 Å². The molecule has 0 aliphatic rings. The van der Waals surface area contributed by atoms with Gasteiger partial charge in [-0.3, -0.25) is 14.9 Å². The van der Waals surface area contributed by atoms with E-state index in [1.807, 2.05) is 6.08 Å². The van der Waals surface area contributed by atoms with Gasteiger partial charge in [0, 0.05) is 18.6 Å². The smallest absolute Gasteiger partial charge is 0.306 e. The first kappa shape index (κ1) is 21.3. The molecule has 150 valence electrons. The molecule has 0 aliphatic heterocycles. The lowest BCUT2D eigenvalue weighted by molar-refractivity contribution is -0.384. The first-order chi connectivity index (χ1) is 13.6. The Hall–Kier alpha value is -3.03. The van der Waals surface area contributed by atoms with Crippen molar-refractivity contribution in [2.75, 3.05) is 0 Å². The maximum absolute atomic E-state index is 11.8. The van der Waals surface area contributed by atoms with E-state index >= 15 is 0 Å². The van der Waals surface area contributed by atoms with Gasteiger partial charge >= 0.3 is 5.97 Å². The Balaban J connectivity index is 1.66. The highest BCUT2D eigenvalue weighted by molar-refractivity contribution is 5.69. The number of ether oxygens (including phenoxy) is 1. The quantitative estimate of drug-likeness (QED) is 0.165. The molecule has 8 heteroatoms. The molecule has 0 fully saturated rings. The van der Waals surface area contributed by atoms with E-state index < -0.39 is 4.92 Å². The number of nitrogens with zero attached hydrogens (tertiary/aromatic N) is 4. The molecule has 2 aromatic rings. The molecule has 2 rings (SSSR count). The molecule has 0 amide bonds. The number of rotatable bonds is 13. The summed E-state index contributed by atoms with van der Waals surface area (Å²) in [5.74, 6) is -0.239. The number of nitro benzene ring substituents is 1. The summed E-state index contributed by atoms with van der Waals surface area (Å²) in [5.41, 5.74) is 1.17. The molecule has 0 bridgehead atoms. The van der Waals surface area contributed by atoms with Crippen LogP contribution in [0.1, 0.15) is 57.1 Å². The molecule has 1 aromatic carbocycles. The monoisotopic (exact) mass is 386 g/mol. The Kier molecular flexibility index (Phi) is 8.84. The predicted molar refractivity (Wildman–Crippen MR) is 105 cm³/mol. The number of esters is 1. The maximum Gasteiger partial charge on any atom is 0.306 e. The predicted octanol–water partition coefficient (Wildman–Crippen LogP) is 4.53. The van der Waals surface area contributed by atoms with Crippen molar-refractivity contribution in [1.82, 2.24) is 15.0 Å². The van der Waals surface area contributed by atoms with Crippen LogP contribution in [0.3, 0.4) is 0 Å². The fourth-order valence-corrected chi connectivity index (χ4v) is 2.71. The molecular formula is C20H26N4O4. The Morgan fingerprint density at radius 1 is 1.14 bits per heavy atom. The van der Waals surface area contributed by atoms with Gasteiger partial charge < -0.3 is 4.74 Å². The zero-order valence-corrected chi connectivity index (χ0v) is 16.0. The number of carbonyl (C=O) groups is 1. The number of allylic oxidation sites excluding steroid dienone is 1. The minimum absolute atomic E-state index is 0.00906. The Bertz CT molecular complexity index is 771. The van der Waals surface area contributed by atoms with Crippen LogP contribution in [0.2, 0.25) is 0 Å². The molecular weight excluding hydrogens is 360 g/mol. The van der Waals surface area contributed by atoms with Crippen molar-refractivity contribution >= 4 is 11.7 Å². The van der Waals surface area contributed by atoms with Crippen molar-refractivity contribution in [3.05, 3.63) is 58.9 Å². The Morgan fingerprint density at radius 2 is 1.82 bits per heavy atom. The van der Waals surface area contributed by atoms with Gasteiger partial charge in [0.15, 0.2) is 0 Å². The van der Waals surface area contributed by atoms with Crippen LogP contribution < -0.4 is 0 Å². The van der Waals surface area contributed by atoms with Gasteiger partial charge in [0.05, 0.1) is 16.8 Å². The average Bonchev–Trinajstić information content (AvgIpc) is 3.17. The van der Waals surface area contributed by atoms with Crippen LogP contribution in [0.4, 0.5) is 5.69 Å². The van der Waals surface area contributed by atoms with Crippen molar-refractivity contribution in [2.45, 2.75) is 58.0 Å². The van der Waals surface area contributed by atoms with Crippen LogP contribution in [0.25, 0.3) is 5.69 Å². The van der Waals surface area contributed by atoms with Gasteiger partial charge in [-0.25, -0.2) is 4.68 Å². The Labute approximate surface area is 164 Å². The first-order valence-corrected chi connectivity index (χ1v) is 9.52. The van der Waals surface area contributed by atoms with Gasteiger partial charge in [-0.05, 0) is 31.4 Å². The minimum atomic E-state index is -0.459. The minimum Gasteiger partial charge on any atom is -0.459 e. The number of carbonyl (C=O) groups excluding carboxylic acids is 1. The van der Waals surface area contributed by atoms with E-state index in [1.165, 1.54) is 36.1 Å². The zero-order valence-electron chi connectivity index (χ0n) is 16.0. The van der Waals surface area contributed by atoms with Gasteiger partial charge in [0.25, 0.3) is 5.69 Å². The lowest BCUT2D eigenvalue weighted by Crippen LogP contribution is -2.04. The number of non-ortho nitro benzene ring substituents is 1. The second-order valence-corrected chi connectivity index (χ2v) is 6.54. The van der Waals surface area contributed by atoms with E-state index in [4.69, 9.17) is 4.74 Å². The third-order valence-corrected chi connectivity index (χ3v) is 4.29. The summed E-state index contributed by atoms with van der Waals surface area (Å²) in [4.78, 5) is 22.0. The molecule has 1 heterocycles. The molecule has 0 N–H and O–H groups in total. The number of nitro groups is 1. The van der Waals surface area contributed by atoms with E-state index in [0.717, 1.165) is 25.7 Å². The molecule has 0 saturated carbocycles. The second-order valence-electron chi connectivity index (χ2n) is 6.54. The Morgan fingerprint density at radius 3 is 2.50 bits per heavy atom. The largest absolute Gasteiger partial charge is 0.459 e. The van der Waals surface area contributed by atoms with Crippen molar-refractivity contribution in [3.63, 3.8) is 0 Å². The summed E-state index contributed by atoms with van der Waals surface area (Å²) in [6.07, 6.45) is 11.6. The standard InChI is InChI=1S/C20H26N4O4/c1-2-3-4-5-6-7-8-9-10-20(25)28-16-17-15-23(22-21-17)18-11-13-19(14-12-18)24(26)27/h2,11-15H,1,3-10,16H2. The third-order valence-electron chi connectivity index (χ3n) is 4.29. The highest BCUT2D eigenvalue weighted by Crippen LogP contribution is 2.15. The molecule has 0 spiro atoms. The van der Waals surface area contributed by atoms with E-state index in [-0.39, 0.29) is 18.3 Å². The molecule has 1 aromatic heterocycles. The van der Waals surface area contributed by atoms with Crippen LogP contribution in [0.5, 0.6) is 0 Å². The van der Waals surface area contributed by atoms with Crippen molar-refractivity contribution in [1.29, 1.82) is 0 Å². The van der Waals surface area contributed by atoms with Crippen LogP contribution in [-0.4, -0.2) is 25.9 Å². The fourth-order valence-electron chi connectivity index (χ4n) is 2.71. The number of aromatic nitrogens is 3. The van der Waals surface area contributed by atoms with Crippen molar-refractivity contribution in [2.24, 2.45) is 0 Å². The zero-order chi connectivity index (χ0) is 20.2. The van der Waals surface area contributed by atoms with Crippen molar-refractivity contribution < 1.29 is 14.5 Å². The maximum atomic E-state index is 11.8. The molecule has 8 nitrogen and oxygen atoms in total. The topological polar surface area (TPSA) is 100 Å². The number of hydrogen-bond acceptors (Lipinski definition) is 6. The van der Waals surface area contributed by atoms with Crippen molar-refractivity contribution in [3.8, 4) is 5.69 Å². The summed E-state index contributed by atoms with van der Waals surface area (Å²) < 4.78 is 6.72. The van der Waals surface area contributed by atoms with Gasteiger partial charge in [-0.2, -0.15) is 0 Å². The molecule has 0 aliphatic carbocycles. The summed E-state index contributed by atoms with van der Waals surface area (Å²) in [7, 11) is 0. The molecule has 0 unspecified atom stereocenters. The second kappa shape index (κ2) is 11.6. The first-order valence-electron chi connectivity index (χ1n) is 9.52. The normalized spacial score (nSPS) is 10.6. The molecule has 0 radical (unpaired) electrons. The molecule has 0 saturated heterocycles. The lowest BCUT2D eigenvalue weighted by Gasteiger charge is -2.03. The number of hydrogen-bond donors (Lipinski definition) is 0. The average molecular weight is 386 g/mol. The highest BCUT2D eigenvalue weighted by atomic mass is 16.6. The lowest BCUT2D eigenvalue weighted by atomic mass is 10.1. The van der Waals surface area contributed by atoms with Gasteiger partial charge in [0.2, 0.25) is 0 Å². The third kappa shape index (κ3) is 7.30. The summed E-state index contributed by atoms with van der Waals surface area (Å²) in [5, 5.41) is 18.6. The summed E-state index contributed by atoms with van der Waals surface area (Å²) >= 11 is 0. The van der Waals surface area contributed by atoms with Gasteiger partial charge in [-0.1, -0.05) is 37.0 Å². The summed E-state index contributed by atoms with van der Waals surface area (Å²) in [6.45, 7) is 3.77. The van der Waals surface area contributed by atoms with E-state index in [1.54, 1.807) is 18.3 Å². The van der Waals surface area contributed by atoms with Gasteiger partial charge in [-0.15, -0.1) is 11.7 Å². The van der Waals surface area contributed by atoms with Crippen LogP contribution in [-0.2, 0) is 16.1 Å². The van der Waals surface area contributed by atoms with Crippen LogP contribution in [0.15, 0.2) is 43.1 Å². The molecule has 0 atom stereocenters. The van der Waals surface area contributed by atoms with Crippen LogP contribution in [0, 0.1) is 10.1 Å². The SMILES string of the molecule is C=CCCCCCCCCC(=O)OCc1cn(-c2ccc([N+](=O)[O-])cc2)nn1. The highest BCUT2D eigenvalue weighted by Gasteiger charge is 2.09. The molecule has 28 heavy (non-hydrogen) atoms. The van der Waals surface area contributed by atoms with E-state index in [9.17, 15) is 14.9 Å². The van der Waals surface area contributed by atoms with E-state index in [2.05, 4.69) is 16.9 Å².